The molecule has 102 valence electrons. The quantitative estimate of drug-likeness (QED) is 0.842. The van der Waals surface area contributed by atoms with Crippen LogP contribution in [-0.4, -0.2) is 13.2 Å². The lowest BCUT2D eigenvalue weighted by atomic mass is 9.95. The second kappa shape index (κ2) is 6.23. The van der Waals surface area contributed by atoms with Crippen LogP contribution in [0.15, 0.2) is 18.2 Å². The second-order valence-corrected chi connectivity index (χ2v) is 4.40. The maximum absolute atomic E-state index is 12.5. The van der Waals surface area contributed by atoms with Gasteiger partial charge in [0, 0.05) is 6.04 Å². The van der Waals surface area contributed by atoms with Gasteiger partial charge in [0.15, 0.2) is 0 Å². The molecule has 1 unspecified atom stereocenters. The zero-order chi connectivity index (χ0) is 13.8. The molecule has 0 saturated heterocycles. The molecule has 0 bridgehead atoms. The fraction of sp³-hybridized carbons (Fsp3) is 0.571. The standard InChI is InChI=1S/C14H20F3N/c1-4-10-6-7-12(8-11(10)5-2)13(18-3)9-14(15,16)17/h6-8,13,18H,4-5,9H2,1-3H3. The minimum absolute atomic E-state index is 0.666. The van der Waals surface area contributed by atoms with Gasteiger partial charge in [0.25, 0.3) is 0 Å². The van der Waals surface area contributed by atoms with Crippen molar-refractivity contribution in [2.75, 3.05) is 7.05 Å². The van der Waals surface area contributed by atoms with Crippen molar-refractivity contribution in [1.29, 1.82) is 0 Å². The zero-order valence-corrected chi connectivity index (χ0v) is 11.1. The molecule has 0 saturated carbocycles. The summed E-state index contributed by atoms with van der Waals surface area (Å²) in [6, 6.07) is 4.96. The van der Waals surface area contributed by atoms with E-state index < -0.39 is 18.6 Å². The maximum atomic E-state index is 12.5. The summed E-state index contributed by atoms with van der Waals surface area (Å²) in [5.74, 6) is 0. The van der Waals surface area contributed by atoms with E-state index in [0.29, 0.717) is 5.56 Å². The summed E-state index contributed by atoms with van der Waals surface area (Å²) in [5.41, 5.74) is 3.06. The van der Waals surface area contributed by atoms with Gasteiger partial charge >= 0.3 is 6.18 Å². The van der Waals surface area contributed by atoms with Crippen molar-refractivity contribution in [2.24, 2.45) is 0 Å². The molecule has 0 aromatic heterocycles. The molecule has 1 aromatic carbocycles. The van der Waals surface area contributed by atoms with Crippen molar-refractivity contribution in [3.05, 3.63) is 34.9 Å². The van der Waals surface area contributed by atoms with Crippen molar-refractivity contribution in [3.8, 4) is 0 Å². The van der Waals surface area contributed by atoms with Gasteiger partial charge in [-0.2, -0.15) is 13.2 Å². The van der Waals surface area contributed by atoms with Gasteiger partial charge in [-0.15, -0.1) is 0 Å². The molecule has 4 heteroatoms. The molecule has 0 aliphatic carbocycles. The largest absolute Gasteiger partial charge is 0.390 e. The first-order chi connectivity index (χ1) is 8.41. The van der Waals surface area contributed by atoms with Gasteiger partial charge in [-0.1, -0.05) is 32.0 Å². The van der Waals surface area contributed by atoms with Crippen LogP contribution in [0.4, 0.5) is 13.2 Å². The predicted molar refractivity (Wildman–Crippen MR) is 67.7 cm³/mol. The number of benzene rings is 1. The summed E-state index contributed by atoms with van der Waals surface area (Å²) in [6.45, 7) is 4.08. The van der Waals surface area contributed by atoms with Gasteiger partial charge in [0.05, 0.1) is 6.42 Å². The predicted octanol–water partition coefficient (Wildman–Crippen LogP) is 4.02. The van der Waals surface area contributed by atoms with Crippen molar-refractivity contribution in [1.82, 2.24) is 5.32 Å². The fourth-order valence-electron chi connectivity index (χ4n) is 2.15. The van der Waals surface area contributed by atoms with Gasteiger partial charge in [0.1, 0.15) is 0 Å². The lowest BCUT2D eigenvalue weighted by molar-refractivity contribution is -0.140. The molecule has 0 fully saturated rings. The summed E-state index contributed by atoms with van der Waals surface area (Å²) < 4.78 is 37.4. The lowest BCUT2D eigenvalue weighted by Crippen LogP contribution is -2.23. The van der Waals surface area contributed by atoms with E-state index in [1.165, 1.54) is 5.56 Å². The highest BCUT2D eigenvalue weighted by Crippen LogP contribution is 2.30. The number of nitrogens with one attached hydrogen (secondary N) is 1. The third-order valence-electron chi connectivity index (χ3n) is 3.18. The molecular formula is C14H20F3N. The Hall–Kier alpha value is -1.03. The van der Waals surface area contributed by atoms with Crippen molar-refractivity contribution in [3.63, 3.8) is 0 Å². The van der Waals surface area contributed by atoms with Gasteiger partial charge in [-0.3, -0.25) is 0 Å². The summed E-state index contributed by atoms with van der Waals surface area (Å²) in [4.78, 5) is 0. The Kier molecular flexibility index (Phi) is 5.20. The van der Waals surface area contributed by atoms with E-state index in [4.69, 9.17) is 0 Å². The Morgan fingerprint density at radius 1 is 1.11 bits per heavy atom. The number of hydrogen-bond donors (Lipinski definition) is 1. The highest BCUT2D eigenvalue weighted by atomic mass is 19.4. The van der Waals surface area contributed by atoms with Crippen LogP contribution < -0.4 is 5.32 Å². The Morgan fingerprint density at radius 2 is 1.72 bits per heavy atom. The first-order valence-corrected chi connectivity index (χ1v) is 6.27. The molecule has 0 aliphatic heterocycles. The molecule has 1 atom stereocenters. The van der Waals surface area contributed by atoms with E-state index in [1.54, 1.807) is 13.1 Å². The molecular weight excluding hydrogens is 239 g/mol. The van der Waals surface area contributed by atoms with Crippen molar-refractivity contribution < 1.29 is 13.2 Å². The van der Waals surface area contributed by atoms with Crippen LogP contribution in [0.1, 0.15) is 43.0 Å². The maximum Gasteiger partial charge on any atom is 0.390 e. The molecule has 1 nitrogen and oxygen atoms in total. The highest BCUT2D eigenvalue weighted by molar-refractivity contribution is 5.33. The van der Waals surface area contributed by atoms with Crippen molar-refractivity contribution >= 4 is 0 Å². The Bertz CT molecular complexity index is 385. The van der Waals surface area contributed by atoms with E-state index in [0.717, 1.165) is 18.4 Å². The summed E-state index contributed by atoms with van der Waals surface area (Å²) >= 11 is 0. The van der Waals surface area contributed by atoms with Crippen LogP contribution in [0, 0.1) is 0 Å². The number of halogens is 3. The second-order valence-electron chi connectivity index (χ2n) is 4.40. The Morgan fingerprint density at radius 3 is 2.17 bits per heavy atom. The average molecular weight is 259 g/mol. The molecule has 0 amide bonds. The Balaban J connectivity index is 3.00. The van der Waals surface area contributed by atoms with Crippen LogP contribution >= 0.6 is 0 Å². The van der Waals surface area contributed by atoms with E-state index >= 15 is 0 Å². The smallest absolute Gasteiger partial charge is 0.313 e. The molecule has 1 rings (SSSR count). The summed E-state index contributed by atoms with van der Waals surface area (Å²) in [6.07, 6.45) is -3.23. The Labute approximate surface area is 106 Å². The number of hydrogen-bond acceptors (Lipinski definition) is 1. The summed E-state index contributed by atoms with van der Waals surface area (Å²) in [7, 11) is 1.57. The zero-order valence-electron chi connectivity index (χ0n) is 11.1. The topological polar surface area (TPSA) is 12.0 Å². The number of rotatable bonds is 5. The van der Waals surface area contributed by atoms with E-state index in [2.05, 4.69) is 12.2 Å². The first-order valence-electron chi connectivity index (χ1n) is 6.27. The monoisotopic (exact) mass is 259 g/mol. The molecule has 0 radical (unpaired) electrons. The molecule has 0 aliphatic rings. The van der Waals surface area contributed by atoms with Crippen LogP contribution in [0.25, 0.3) is 0 Å². The number of alkyl halides is 3. The van der Waals surface area contributed by atoms with Gasteiger partial charge < -0.3 is 5.32 Å². The fourth-order valence-corrected chi connectivity index (χ4v) is 2.15. The van der Waals surface area contributed by atoms with E-state index in [-0.39, 0.29) is 0 Å². The lowest BCUT2D eigenvalue weighted by Gasteiger charge is -2.20. The summed E-state index contributed by atoms with van der Waals surface area (Å²) in [5, 5.41) is 2.74. The minimum Gasteiger partial charge on any atom is -0.313 e. The van der Waals surface area contributed by atoms with Crippen LogP contribution in [-0.2, 0) is 12.8 Å². The van der Waals surface area contributed by atoms with Crippen molar-refractivity contribution in [2.45, 2.75) is 45.3 Å². The van der Waals surface area contributed by atoms with Gasteiger partial charge in [-0.25, -0.2) is 0 Å². The molecule has 1 aromatic rings. The van der Waals surface area contributed by atoms with Crippen LogP contribution in [0.3, 0.4) is 0 Å². The van der Waals surface area contributed by atoms with E-state index in [1.807, 2.05) is 19.1 Å². The van der Waals surface area contributed by atoms with E-state index in [9.17, 15) is 13.2 Å². The average Bonchev–Trinajstić information content (AvgIpc) is 2.34. The van der Waals surface area contributed by atoms with Crippen LogP contribution in [0.5, 0.6) is 0 Å². The molecule has 18 heavy (non-hydrogen) atoms. The van der Waals surface area contributed by atoms with Gasteiger partial charge in [-0.05, 0) is 36.6 Å². The molecule has 0 heterocycles. The first kappa shape index (κ1) is 15.0. The van der Waals surface area contributed by atoms with Crippen LogP contribution in [0.2, 0.25) is 0 Å². The van der Waals surface area contributed by atoms with Gasteiger partial charge in [0.2, 0.25) is 0 Å². The number of aryl methyl sites for hydroxylation is 2. The highest BCUT2D eigenvalue weighted by Gasteiger charge is 2.32. The normalized spacial score (nSPS) is 13.7. The SMILES string of the molecule is CCc1ccc(C(CC(F)(F)F)NC)cc1CC. The third-order valence-corrected chi connectivity index (χ3v) is 3.18. The minimum atomic E-state index is -4.15. The molecule has 1 N–H and O–H groups in total. The third kappa shape index (κ3) is 4.02. The molecule has 0 spiro atoms.